The van der Waals surface area contributed by atoms with Gasteiger partial charge in [-0.3, -0.25) is 9.88 Å². The Balaban J connectivity index is 1.32. The Bertz CT molecular complexity index is 1280. The lowest BCUT2D eigenvalue weighted by Crippen LogP contribution is -2.34. The molecule has 3 aromatic rings. The maximum atomic E-state index is 11.4. The second-order valence-corrected chi connectivity index (χ2v) is 10.4. The molecule has 0 spiro atoms. The Morgan fingerprint density at radius 3 is 2.64 bits per heavy atom. The van der Waals surface area contributed by atoms with Gasteiger partial charge in [-0.25, -0.2) is 13.6 Å². The number of rotatable bonds is 7. The molecule has 1 saturated heterocycles. The molecule has 0 amide bonds. The first-order valence-corrected chi connectivity index (χ1v) is 13.0. The van der Waals surface area contributed by atoms with E-state index in [0.717, 1.165) is 71.5 Å². The molecule has 0 unspecified atom stereocenters. The topological polar surface area (TPSA) is 85.5 Å². The average Bonchev–Trinajstić information content (AvgIpc) is 2.76. The molecule has 1 fully saturated rings. The first-order chi connectivity index (χ1) is 15.8. The number of hydrogen-bond donors (Lipinski definition) is 1. The van der Waals surface area contributed by atoms with Crippen molar-refractivity contribution in [2.24, 2.45) is 5.14 Å². The number of benzene rings is 2. The van der Waals surface area contributed by atoms with Gasteiger partial charge in [-0.1, -0.05) is 35.9 Å². The van der Waals surface area contributed by atoms with Crippen molar-refractivity contribution in [1.82, 2.24) is 9.88 Å². The minimum Gasteiger partial charge on any atom is -0.492 e. The van der Waals surface area contributed by atoms with Gasteiger partial charge < -0.3 is 4.74 Å². The van der Waals surface area contributed by atoms with Crippen LogP contribution in [0.3, 0.4) is 0 Å². The first-order valence-electron chi connectivity index (χ1n) is 11.3. The number of pyridine rings is 1. The summed E-state index contributed by atoms with van der Waals surface area (Å²) in [5.74, 6) is 0.747. The molecule has 7 heteroatoms. The fourth-order valence-electron chi connectivity index (χ4n) is 4.23. The number of hydrogen-bond acceptors (Lipinski definition) is 5. The first kappa shape index (κ1) is 23.4. The number of ether oxygens (including phenoxy) is 1. The van der Waals surface area contributed by atoms with Gasteiger partial charge >= 0.3 is 0 Å². The Hall–Kier alpha value is -2.74. The van der Waals surface area contributed by atoms with Crippen molar-refractivity contribution in [2.75, 3.05) is 26.2 Å². The smallest absolute Gasteiger partial charge is 0.213 e. The zero-order valence-corrected chi connectivity index (χ0v) is 20.1. The zero-order chi connectivity index (χ0) is 23.4. The fourth-order valence-corrected chi connectivity index (χ4v) is 4.88. The van der Waals surface area contributed by atoms with E-state index in [0.29, 0.717) is 6.61 Å². The highest BCUT2D eigenvalue weighted by atomic mass is 32.2. The molecule has 6 nitrogen and oxygen atoms in total. The van der Waals surface area contributed by atoms with Crippen molar-refractivity contribution in [2.45, 2.75) is 32.4 Å². The third kappa shape index (κ3) is 6.41. The maximum absolute atomic E-state index is 11.4. The van der Waals surface area contributed by atoms with Crippen LogP contribution in [-0.2, 0) is 15.8 Å². The number of aromatic nitrogens is 1. The van der Waals surface area contributed by atoms with Crippen LogP contribution < -0.4 is 9.88 Å². The van der Waals surface area contributed by atoms with Crippen LogP contribution in [0.5, 0.6) is 5.75 Å². The van der Waals surface area contributed by atoms with Gasteiger partial charge in [0.1, 0.15) is 12.4 Å². The van der Waals surface area contributed by atoms with Gasteiger partial charge in [-0.15, -0.1) is 0 Å². The van der Waals surface area contributed by atoms with Gasteiger partial charge in [-0.2, -0.15) is 0 Å². The van der Waals surface area contributed by atoms with Gasteiger partial charge in [0.05, 0.1) is 11.3 Å². The highest BCUT2D eigenvalue weighted by molar-refractivity contribution is 7.88. The molecule has 2 heterocycles. The van der Waals surface area contributed by atoms with Crippen molar-refractivity contribution in [1.29, 1.82) is 0 Å². The molecule has 0 aliphatic carbocycles. The lowest BCUT2D eigenvalue weighted by Gasteiger charge is -2.28. The number of aryl methyl sites for hydroxylation is 2. The van der Waals surface area contributed by atoms with Crippen LogP contribution in [-0.4, -0.2) is 44.5 Å². The van der Waals surface area contributed by atoms with Gasteiger partial charge in [-0.05, 0) is 67.6 Å². The van der Waals surface area contributed by atoms with Crippen LogP contribution >= 0.6 is 0 Å². The van der Waals surface area contributed by atoms with E-state index < -0.39 is 10.0 Å². The second kappa shape index (κ2) is 10.0. The second-order valence-electron chi connectivity index (χ2n) is 8.77. The number of fused-ring (bicyclic) bond motifs is 1. The molecule has 4 rings (SSSR count). The summed E-state index contributed by atoms with van der Waals surface area (Å²) in [6, 6.07) is 15.8. The van der Waals surface area contributed by atoms with Crippen molar-refractivity contribution < 1.29 is 13.2 Å². The molecule has 0 bridgehead atoms. The van der Waals surface area contributed by atoms with Crippen molar-refractivity contribution in [3.8, 4) is 5.75 Å². The maximum Gasteiger partial charge on any atom is 0.213 e. The lowest BCUT2D eigenvalue weighted by molar-refractivity contribution is 0.200. The number of sulfonamides is 1. The van der Waals surface area contributed by atoms with Crippen LogP contribution in [0.15, 0.2) is 54.1 Å². The minimum atomic E-state index is -3.53. The monoisotopic (exact) mass is 465 g/mol. The molecule has 2 N–H and O–H groups in total. The number of nitrogens with zero attached hydrogens (tertiary/aromatic N) is 2. The van der Waals surface area contributed by atoms with Crippen LogP contribution in [0.1, 0.15) is 35.2 Å². The third-order valence-corrected chi connectivity index (χ3v) is 6.80. The summed E-state index contributed by atoms with van der Waals surface area (Å²) in [6.45, 7) is 7.54. The standard InChI is InChI=1S/C26H31N3O3S/c1-19-6-8-22(18-33(27,30)31)17-23(19)16-21-10-12-29(13-11-21)14-15-32-26-5-3-4-25-24(26)9-7-20(2)28-25/h3-9,16-17H,10-15,18H2,1-2H3,(H2,27,30,31). The van der Waals surface area contributed by atoms with Crippen LogP contribution in [0.4, 0.5) is 0 Å². The zero-order valence-electron chi connectivity index (χ0n) is 19.3. The summed E-state index contributed by atoms with van der Waals surface area (Å²) >= 11 is 0. The molecule has 33 heavy (non-hydrogen) atoms. The van der Waals surface area contributed by atoms with E-state index in [1.807, 2.05) is 56.3 Å². The molecular weight excluding hydrogens is 434 g/mol. The van der Waals surface area contributed by atoms with Gasteiger partial charge in [0, 0.05) is 30.7 Å². The van der Waals surface area contributed by atoms with Crippen molar-refractivity contribution in [3.63, 3.8) is 0 Å². The number of nitrogens with two attached hydrogens (primary N) is 1. The van der Waals surface area contributed by atoms with E-state index in [9.17, 15) is 8.42 Å². The highest BCUT2D eigenvalue weighted by Gasteiger charge is 2.15. The average molecular weight is 466 g/mol. The largest absolute Gasteiger partial charge is 0.492 e. The minimum absolute atomic E-state index is 0.135. The predicted molar refractivity (Wildman–Crippen MR) is 134 cm³/mol. The predicted octanol–water partition coefficient (Wildman–Crippen LogP) is 4.20. The van der Waals surface area contributed by atoms with Crippen LogP contribution in [0.2, 0.25) is 0 Å². The summed E-state index contributed by atoms with van der Waals surface area (Å²) in [4.78, 5) is 7.00. The van der Waals surface area contributed by atoms with Crippen LogP contribution in [0.25, 0.3) is 17.0 Å². The van der Waals surface area contributed by atoms with E-state index in [1.54, 1.807) is 0 Å². The Morgan fingerprint density at radius 1 is 1.09 bits per heavy atom. The van der Waals surface area contributed by atoms with E-state index in [4.69, 9.17) is 9.88 Å². The van der Waals surface area contributed by atoms with Crippen molar-refractivity contribution >= 4 is 27.0 Å². The lowest BCUT2D eigenvalue weighted by atomic mass is 9.98. The van der Waals surface area contributed by atoms with E-state index in [-0.39, 0.29) is 5.75 Å². The SMILES string of the molecule is Cc1ccc2c(OCCN3CCC(=Cc4cc(CS(N)(=O)=O)ccc4C)CC3)cccc2n1. The molecule has 2 aromatic carbocycles. The number of primary sulfonamides is 1. The normalized spacial score (nSPS) is 15.1. The van der Waals surface area contributed by atoms with Crippen LogP contribution in [0, 0.1) is 13.8 Å². The number of piperidine rings is 1. The van der Waals surface area contributed by atoms with Crippen molar-refractivity contribution in [3.05, 3.63) is 76.5 Å². The Morgan fingerprint density at radius 2 is 1.88 bits per heavy atom. The summed E-state index contributed by atoms with van der Waals surface area (Å²) in [7, 11) is -3.53. The molecule has 174 valence electrons. The summed E-state index contributed by atoms with van der Waals surface area (Å²) < 4.78 is 28.9. The molecule has 1 aromatic heterocycles. The van der Waals surface area contributed by atoms with Gasteiger partial charge in [0.25, 0.3) is 0 Å². The summed E-state index contributed by atoms with van der Waals surface area (Å²) in [6.07, 6.45) is 4.20. The summed E-state index contributed by atoms with van der Waals surface area (Å²) in [5, 5.41) is 6.25. The van der Waals surface area contributed by atoms with Gasteiger partial charge in [0.15, 0.2) is 0 Å². The Kier molecular flexibility index (Phi) is 7.12. The molecular formula is C26H31N3O3S. The fraction of sp³-hybridized carbons (Fsp3) is 0.346. The summed E-state index contributed by atoms with van der Waals surface area (Å²) in [5.41, 5.74) is 6.28. The van der Waals surface area contributed by atoms with E-state index >= 15 is 0 Å². The highest BCUT2D eigenvalue weighted by Crippen LogP contribution is 2.25. The van der Waals surface area contributed by atoms with Gasteiger partial charge in [0.2, 0.25) is 10.0 Å². The number of likely N-dealkylation sites (tertiary alicyclic amines) is 1. The Labute approximate surface area is 196 Å². The third-order valence-electron chi connectivity index (χ3n) is 6.07. The molecule has 0 saturated carbocycles. The molecule has 1 aliphatic heterocycles. The molecule has 1 aliphatic rings. The van der Waals surface area contributed by atoms with E-state index in [2.05, 4.69) is 22.0 Å². The molecule has 0 radical (unpaired) electrons. The quantitative estimate of drug-likeness (QED) is 0.565. The van der Waals surface area contributed by atoms with E-state index in [1.165, 1.54) is 5.57 Å². The molecule has 0 atom stereocenters.